The Hall–Kier alpha value is -3.40. The molecule has 2 aliphatic heterocycles. The molecule has 188 valence electrons. The Bertz CT molecular complexity index is 1040. The molecular weight excluding hydrogens is 458 g/mol. The number of ether oxygens (including phenoxy) is 2. The number of rotatable bonds is 7. The van der Waals surface area contributed by atoms with Crippen molar-refractivity contribution in [3.63, 3.8) is 0 Å². The van der Waals surface area contributed by atoms with Crippen molar-refractivity contribution < 1.29 is 27.8 Å². The summed E-state index contributed by atoms with van der Waals surface area (Å²) in [7, 11) is 3.51. The second-order valence-electron chi connectivity index (χ2n) is 8.89. The van der Waals surface area contributed by atoms with Crippen LogP contribution in [0.4, 0.5) is 13.6 Å². The van der Waals surface area contributed by atoms with Crippen molar-refractivity contribution in [2.75, 3.05) is 33.8 Å². The molecule has 0 aromatic heterocycles. The van der Waals surface area contributed by atoms with Gasteiger partial charge in [0.2, 0.25) is 5.91 Å². The van der Waals surface area contributed by atoms with E-state index in [1.807, 2.05) is 41.1 Å². The molecule has 2 aliphatic rings. The minimum absolute atomic E-state index is 0.00413. The van der Waals surface area contributed by atoms with Crippen LogP contribution in [0.1, 0.15) is 30.1 Å². The van der Waals surface area contributed by atoms with Crippen molar-refractivity contribution in [3.05, 3.63) is 59.7 Å². The van der Waals surface area contributed by atoms with Gasteiger partial charge in [0.25, 0.3) is 0 Å². The highest BCUT2D eigenvalue weighted by atomic mass is 19.3. The number of alkyl halides is 2. The number of primary amides is 1. The first kappa shape index (κ1) is 24.7. The van der Waals surface area contributed by atoms with Crippen molar-refractivity contribution in [2.45, 2.75) is 37.6 Å². The average molecular weight is 489 g/mol. The van der Waals surface area contributed by atoms with Crippen LogP contribution >= 0.6 is 0 Å². The third-order valence-corrected chi connectivity index (χ3v) is 7.10. The fraction of sp³-hybridized carbons (Fsp3) is 0.440. The largest absolute Gasteiger partial charge is 0.497 e. The first-order valence-electron chi connectivity index (χ1n) is 11.5. The van der Waals surface area contributed by atoms with Gasteiger partial charge in [0.1, 0.15) is 23.2 Å². The summed E-state index contributed by atoms with van der Waals surface area (Å²) in [6, 6.07) is 13.6. The van der Waals surface area contributed by atoms with Crippen LogP contribution < -0.4 is 15.2 Å². The van der Waals surface area contributed by atoms with Crippen LogP contribution in [0.2, 0.25) is 0 Å². The molecule has 1 spiro atoms. The van der Waals surface area contributed by atoms with E-state index in [-0.39, 0.29) is 17.8 Å². The van der Waals surface area contributed by atoms with Gasteiger partial charge in [-0.25, -0.2) is 4.79 Å². The number of nitrogens with zero attached hydrogens (tertiary/aromatic N) is 3. The third kappa shape index (κ3) is 4.88. The molecule has 4 rings (SSSR count). The van der Waals surface area contributed by atoms with Gasteiger partial charge in [-0.3, -0.25) is 9.69 Å². The lowest BCUT2D eigenvalue weighted by molar-refractivity contribution is -0.135. The van der Waals surface area contributed by atoms with E-state index in [0.29, 0.717) is 38.9 Å². The molecular formula is C25H30F2N4O4. The van der Waals surface area contributed by atoms with Crippen LogP contribution in [0.5, 0.6) is 11.5 Å². The number of methoxy groups -OCH3 is 1. The smallest absolute Gasteiger partial charge is 0.387 e. The second-order valence-corrected chi connectivity index (χ2v) is 8.89. The molecule has 2 heterocycles. The highest BCUT2D eigenvalue weighted by Gasteiger charge is 2.56. The Morgan fingerprint density at radius 2 is 1.69 bits per heavy atom. The fourth-order valence-corrected chi connectivity index (χ4v) is 5.13. The zero-order valence-electron chi connectivity index (χ0n) is 19.8. The summed E-state index contributed by atoms with van der Waals surface area (Å²) in [5.74, 6) is 0.815. The predicted molar refractivity (Wildman–Crippen MR) is 125 cm³/mol. The highest BCUT2D eigenvalue weighted by Crippen LogP contribution is 2.45. The van der Waals surface area contributed by atoms with E-state index < -0.39 is 18.2 Å². The van der Waals surface area contributed by atoms with Crippen molar-refractivity contribution in [2.24, 2.45) is 5.73 Å². The van der Waals surface area contributed by atoms with Gasteiger partial charge in [0.05, 0.1) is 7.11 Å². The molecule has 0 aliphatic carbocycles. The molecule has 2 aromatic carbocycles. The molecule has 0 saturated carbocycles. The topological polar surface area (TPSA) is 88.3 Å². The summed E-state index contributed by atoms with van der Waals surface area (Å²) in [4.78, 5) is 31.0. The lowest BCUT2D eigenvalue weighted by atomic mass is 9.86. The summed E-state index contributed by atoms with van der Waals surface area (Å²) in [6.07, 6.45) is 1.18. The molecule has 0 bridgehead atoms. The summed E-state index contributed by atoms with van der Waals surface area (Å²) >= 11 is 0. The van der Waals surface area contributed by atoms with Crippen LogP contribution in [0, 0.1) is 0 Å². The number of likely N-dealkylation sites (N-methyl/N-ethyl adjacent to an activating group) is 1. The summed E-state index contributed by atoms with van der Waals surface area (Å²) in [5.41, 5.74) is 6.54. The van der Waals surface area contributed by atoms with Gasteiger partial charge in [-0.05, 0) is 61.7 Å². The fourth-order valence-electron chi connectivity index (χ4n) is 5.13. The summed E-state index contributed by atoms with van der Waals surface area (Å²) in [6.45, 7) is -1.65. The molecule has 8 nitrogen and oxygen atoms in total. The summed E-state index contributed by atoms with van der Waals surface area (Å²) < 4.78 is 34.9. The molecule has 1 unspecified atom stereocenters. The van der Waals surface area contributed by atoms with E-state index in [2.05, 4.69) is 4.74 Å². The zero-order valence-corrected chi connectivity index (χ0v) is 19.8. The van der Waals surface area contributed by atoms with Gasteiger partial charge in [0.15, 0.2) is 0 Å². The van der Waals surface area contributed by atoms with Crippen LogP contribution in [0.15, 0.2) is 48.5 Å². The van der Waals surface area contributed by atoms with E-state index in [9.17, 15) is 18.4 Å². The lowest BCUT2D eigenvalue weighted by Gasteiger charge is -2.41. The van der Waals surface area contributed by atoms with Crippen LogP contribution in [0.25, 0.3) is 0 Å². The monoisotopic (exact) mass is 488 g/mol. The van der Waals surface area contributed by atoms with Crippen LogP contribution in [-0.2, 0) is 11.2 Å². The highest BCUT2D eigenvalue weighted by molar-refractivity contribution is 5.89. The Balaban J connectivity index is 1.60. The quantitative estimate of drug-likeness (QED) is 0.647. The average Bonchev–Trinajstić information content (AvgIpc) is 3.05. The van der Waals surface area contributed by atoms with Crippen LogP contribution in [-0.4, -0.2) is 72.6 Å². The number of nitrogens with two attached hydrogens (primary N) is 1. The maximum absolute atomic E-state index is 13.9. The number of benzene rings is 2. The number of halogens is 2. The molecule has 2 fully saturated rings. The molecule has 3 amide bonds. The minimum atomic E-state index is -2.91. The van der Waals surface area contributed by atoms with Gasteiger partial charge >= 0.3 is 12.6 Å². The number of amides is 3. The van der Waals surface area contributed by atoms with Gasteiger partial charge in [0, 0.05) is 19.6 Å². The number of carbonyl (C=O) groups excluding carboxylic acids is 2. The van der Waals surface area contributed by atoms with E-state index in [4.69, 9.17) is 10.5 Å². The van der Waals surface area contributed by atoms with E-state index in [1.54, 1.807) is 24.1 Å². The third-order valence-electron chi connectivity index (χ3n) is 7.10. The Labute approximate surface area is 203 Å². The first-order chi connectivity index (χ1) is 16.7. The Kier molecular flexibility index (Phi) is 7.11. The van der Waals surface area contributed by atoms with Crippen molar-refractivity contribution in [3.8, 4) is 11.5 Å². The Morgan fingerprint density at radius 3 is 2.23 bits per heavy atom. The van der Waals surface area contributed by atoms with Gasteiger partial charge < -0.3 is 25.0 Å². The molecule has 35 heavy (non-hydrogen) atoms. The SMILES string of the molecule is COc1ccc(CCN2C(=O)C3(CCN(C(N)=O)CC3)N(C)C2c2ccc(OC(F)F)cc2)cc1. The molecule has 0 radical (unpaired) electrons. The van der Waals surface area contributed by atoms with Crippen molar-refractivity contribution in [1.29, 1.82) is 0 Å². The maximum atomic E-state index is 13.9. The maximum Gasteiger partial charge on any atom is 0.387 e. The molecule has 2 saturated heterocycles. The molecule has 2 N–H and O–H groups in total. The van der Waals surface area contributed by atoms with Gasteiger partial charge in [-0.1, -0.05) is 24.3 Å². The van der Waals surface area contributed by atoms with Crippen molar-refractivity contribution in [1.82, 2.24) is 14.7 Å². The first-order valence-corrected chi connectivity index (χ1v) is 11.5. The minimum Gasteiger partial charge on any atom is -0.497 e. The Morgan fingerprint density at radius 1 is 1.09 bits per heavy atom. The van der Waals surface area contributed by atoms with Crippen LogP contribution in [0.3, 0.4) is 0 Å². The van der Waals surface area contributed by atoms with Crippen molar-refractivity contribution >= 4 is 11.9 Å². The lowest BCUT2D eigenvalue weighted by Crippen LogP contribution is -2.56. The van der Waals surface area contributed by atoms with Gasteiger partial charge in [-0.2, -0.15) is 8.78 Å². The predicted octanol–water partition coefficient (Wildman–Crippen LogP) is 3.23. The second kappa shape index (κ2) is 10.1. The summed E-state index contributed by atoms with van der Waals surface area (Å²) in [5, 5.41) is 0. The number of hydrogen-bond donors (Lipinski definition) is 1. The van der Waals surface area contributed by atoms with Gasteiger partial charge in [-0.15, -0.1) is 0 Å². The number of piperidine rings is 1. The number of carbonyl (C=O) groups is 2. The number of likely N-dealkylation sites (tertiary alicyclic amines) is 1. The normalized spacial score (nSPS) is 20.0. The molecule has 10 heteroatoms. The van der Waals surface area contributed by atoms with E-state index >= 15 is 0 Å². The molecule has 2 aromatic rings. The standard InChI is InChI=1S/C25H30F2N4O4/c1-29-21(18-5-9-20(10-6-18)35-23(26)27)31(14-11-17-3-7-19(34-2)8-4-17)22(32)25(29)12-15-30(16-13-25)24(28)33/h3-10,21,23H,11-16H2,1-2H3,(H2,28,33). The van der Waals surface area contributed by atoms with E-state index in [0.717, 1.165) is 16.9 Å². The number of hydrogen-bond acceptors (Lipinski definition) is 5. The van der Waals surface area contributed by atoms with E-state index in [1.165, 1.54) is 12.1 Å². The molecule has 1 atom stereocenters. The zero-order chi connectivity index (χ0) is 25.2. The number of urea groups is 1.